The van der Waals surface area contributed by atoms with Crippen LogP contribution < -0.4 is 18.9 Å². The smallest absolute Gasteiger partial charge is 1.00 e. The summed E-state index contributed by atoms with van der Waals surface area (Å²) in [7, 11) is 0.162. The van der Waals surface area contributed by atoms with Crippen molar-refractivity contribution in [2.24, 2.45) is 0 Å². The molecule has 6 heavy (non-hydrogen) atoms. The molecule has 0 aromatic rings. The molecule has 0 saturated carbocycles. The molecule has 0 atom stereocenters. The standard InChI is InChI=1S/C3H5OP.Li.H/c1-2-3-5-4;;/h2H,1,3H2;;/q;+1;-1. The molecule has 0 aliphatic heterocycles. The van der Waals surface area contributed by atoms with E-state index in [1.165, 1.54) is 0 Å². The van der Waals surface area contributed by atoms with Crippen molar-refractivity contribution in [3.63, 3.8) is 0 Å². The van der Waals surface area contributed by atoms with Gasteiger partial charge in [0.15, 0.2) is 8.46 Å². The number of rotatable bonds is 2. The zero-order chi connectivity index (χ0) is 4.12. The van der Waals surface area contributed by atoms with Gasteiger partial charge in [-0.2, -0.15) is 0 Å². The summed E-state index contributed by atoms with van der Waals surface area (Å²) in [5.41, 5.74) is 0. The summed E-state index contributed by atoms with van der Waals surface area (Å²) in [5, 5.41) is 0. The first-order chi connectivity index (χ1) is 2.41. The Balaban J connectivity index is -0.0000000800. The van der Waals surface area contributed by atoms with Gasteiger partial charge >= 0.3 is 18.9 Å². The molecule has 0 rings (SSSR count). The molecule has 0 amide bonds. The first-order valence-electron chi connectivity index (χ1n) is 1.32. The first kappa shape index (κ1) is 9.67. The van der Waals surface area contributed by atoms with Gasteiger partial charge in [-0.25, -0.2) is 0 Å². The Bertz CT molecular complexity index is 44.2. The predicted octanol–water partition coefficient (Wildman–Crippen LogP) is -1.42. The maximum atomic E-state index is 9.43. The third-order valence-electron chi connectivity index (χ3n) is 0.204. The fourth-order valence-electron chi connectivity index (χ4n) is 0.0527. The molecular weight excluding hydrogens is 89.9 g/mol. The van der Waals surface area contributed by atoms with Crippen LogP contribution in [-0.4, -0.2) is 6.16 Å². The van der Waals surface area contributed by atoms with E-state index in [2.05, 4.69) is 6.58 Å². The Kier molecular flexibility index (Phi) is 14.6. The van der Waals surface area contributed by atoms with Crippen LogP contribution in [0.15, 0.2) is 12.7 Å². The van der Waals surface area contributed by atoms with Crippen LogP contribution in [0, 0.1) is 0 Å². The zero-order valence-electron chi connectivity index (χ0n) is 4.85. The second-order valence-electron chi connectivity index (χ2n) is 0.600. The van der Waals surface area contributed by atoms with Gasteiger partial charge in [0.25, 0.3) is 0 Å². The monoisotopic (exact) mass is 96.0 g/mol. The summed E-state index contributed by atoms with van der Waals surface area (Å²) in [6, 6.07) is 0. The van der Waals surface area contributed by atoms with Crippen LogP contribution in [-0.2, 0) is 4.57 Å². The molecule has 0 fully saturated rings. The van der Waals surface area contributed by atoms with E-state index >= 15 is 0 Å². The normalized spacial score (nSPS) is 6.67. The van der Waals surface area contributed by atoms with Gasteiger partial charge in [0, 0.05) is 6.16 Å². The van der Waals surface area contributed by atoms with Gasteiger partial charge < -0.3 is 1.43 Å². The molecule has 0 aliphatic rings. The molecule has 0 unspecified atom stereocenters. The molecular formula is C3H6LiOP. The molecule has 0 bridgehead atoms. The van der Waals surface area contributed by atoms with Crippen molar-refractivity contribution >= 4 is 8.46 Å². The molecule has 0 aliphatic carbocycles. The van der Waals surface area contributed by atoms with Gasteiger partial charge in [-0.3, -0.25) is 4.57 Å². The zero-order valence-corrected chi connectivity index (χ0v) is 4.74. The Labute approximate surface area is 52.7 Å². The third-order valence-corrected chi connectivity index (χ3v) is 0.611. The average Bonchev–Trinajstić information content (AvgIpc) is 1.41. The summed E-state index contributed by atoms with van der Waals surface area (Å²) in [6.07, 6.45) is 2.18. The summed E-state index contributed by atoms with van der Waals surface area (Å²) in [5.74, 6) is 0. The number of allylic oxidation sites excluding steroid dienone is 1. The van der Waals surface area contributed by atoms with E-state index in [0.29, 0.717) is 6.16 Å². The van der Waals surface area contributed by atoms with Crippen molar-refractivity contribution < 1.29 is 24.9 Å². The fraction of sp³-hybridized carbons (Fsp3) is 0.333. The Morgan fingerprint density at radius 1 is 2.00 bits per heavy atom. The van der Waals surface area contributed by atoms with E-state index in [1.54, 1.807) is 6.08 Å². The van der Waals surface area contributed by atoms with E-state index in [0.717, 1.165) is 0 Å². The summed E-state index contributed by atoms with van der Waals surface area (Å²) in [4.78, 5) is 0. The van der Waals surface area contributed by atoms with E-state index < -0.39 is 0 Å². The van der Waals surface area contributed by atoms with Crippen molar-refractivity contribution in [3.8, 4) is 0 Å². The minimum absolute atomic E-state index is 0. The van der Waals surface area contributed by atoms with E-state index in [9.17, 15) is 4.57 Å². The van der Waals surface area contributed by atoms with Crippen LogP contribution >= 0.6 is 8.46 Å². The van der Waals surface area contributed by atoms with Gasteiger partial charge in [0.1, 0.15) is 0 Å². The van der Waals surface area contributed by atoms with E-state index in [4.69, 9.17) is 0 Å². The summed E-state index contributed by atoms with van der Waals surface area (Å²) >= 11 is 0. The van der Waals surface area contributed by atoms with Crippen LogP contribution in [0.25, 0.3) is 0 Å². The van der Waals surface area contributed by atoms with Gasteiger partial charge in [-0.05, 0) is 0 Å². The molecule has 1 nitrogen and oxygen atoms in total. The minimum atomic E-state index is 0. The fourth-order valence-corrected chi connectivity index (χ4v) is 0.158. The predicted molar refractivity (Wildman–Crippen MR) is 23.8 cm³/mol. The molecule has 0 saturated heterocycles. The van der Waals surface area contributed by atoms with Gasteiger partial charge in [-0.1, -0.05) is 6.08 Å². The van der Waals surface area contributed by atoms with Crippen LogP contribution in [0.4, 0.5) is 0 Å². The third kappa shape index (κ3) is 8.83. The quantitative estimate of drug-likeness (QED) is 0.234. The molecule has 30 valence electrons. The van der Waals surface area contributed by atoms with Crippen LogP contribution in [0.2, 0.25) is 0 Å². The van der Waals surface area contributed by atoms with Crippen LogP contribution in [0.5, 0.6) is 0 Å². The Morgan fingerprint density at radius 2 is 2.50 bits per heavy atom. The van der Waals surface area contributed by atoms with Crippen molar-refractivity contribution in [2.75, 3.05) is 6.16 Å². The SMILES string of the molecule is C=CCP=O.[H-].[Li+]. The largest absolute Gasteiger partial charge is 1.00 e. The van der Waals surface area contributed by atoms with Crippen LogP contribution in [0.3, 0.4) is 0 Å². The van der Waals surface area contributed by atoms with E-state index in [-0.39, 0.29) is 28.7 Å². The number of hydrogen-bond acceptors (Lipinski definition) is 1. The molecule has 0 spiro atoms. The topological polar surface area (TPSA) is 17.1 Å². The van der Waals surface area contributed by atoms with Gasteiger partial charge in [0.2, 0.25) is 0 Å². The van der Waals surface area contributed by atoms with Crippen molar-refractivity contribution in [3.05, 3.63) is 12.7 Å². The second kappa shape index (κ2) is 9.06. The number of hydrogen-bond donors (Lipinski definition) is 0. The molecule has 0 heterocycles. The molecule has 0 radical (unpaired) electrons. The first-order valence-corrected chi connectivity index (χ1v) is 2.31. The van der Waals surface area contributed by atoms with Gasteiger partial charge in [0.05, 0.1) is 0 Å². The second-order valence-corrected chi connectivity index (χ2v) is 1.22. The van der Waals surface area contributed by atoms with Crippen molar-refractivity contribution in [1.29, 1.82) is 0 Å². The average molecular weight is 96.0 g/mol. The van der Waals surface area contributed by atoms with Crippen molar-refractivity contribution in [1.82, 2.24) is 0 Å². The molecule has 3 heteroatoms. The van der Waals surface area contributed by atoms with Gasteiger partial charge in [-0.15, -0.1) is 6.58 Å². The molecule has 0 N–H and O–H groups in total. The minimum Gasteiger partial charge on any atom is -1.00 e. The van der Waals surface area contributed by atoms with E-state index in [1.807, 2.05) is 0 Å². The molecule has 0 aromatic carbocycles. The maximum Gasteiger partial charge on any atom is 1.00 e. The summed E-state index contributed by atoms with van der Waals surface area (Å²) in [6.45, 7) is 3.34. The molecule has 0 aromatic heterocycles. The van der Waals surface area contributed by atoms with Crippen molar-refractivity contribution in [2.45, 2.75) is 0 Å². The van der Waals surface area contributed by atoms with Crippen LogP contribution in [0.1, 0.15) is 1.43 Å². The maximum absolute atomic E-state index is 9.43. The Hall–Kier alpha value is 0.437. The summed E-state index contributed by atoms with van der Waals surface area (Å²) < 4.78 is 9.43. The Morgan fingerprint density at radius 3 is 2.50 bits per heavy atom.